The molecular formula is C19H17ClN4O3. The number of hydrogen-bond donors (Lipinski definition) is 1. The van der Waals surface area contributed by atoms with Crippen molar-refractivity contribution in [3.63, 3.8) is 0 Å². The van der Waals surface area contributed by atoms with Crippen molar-refractivity contribution in [1.82, 2.24) is 15.0 Å². The van der Waals surface area contributed by atoms with E-state index in [4.69, 9.17) is 16.3 Å². The van der Waals surface area contributed by atoms with Gasteiger partial charge < -0.3 is 10.1 Å². The van der Waals surface area contributed by atoms with E-state index in [1.54, 1.807) is 62.4 Å². The molecule has 0 atom stereocenters. The molecule has 0 spiro atoms. The van der Waals surface area contributed by atoms with Gasteiger partial charge in [0, 0.05) is 10.7 Å². The van der Waals surface area contributed by atoms with E-state index in [-0.39, 0.29) is 5.69 Å². The van der Waals surface area contributed by atoms with Crippen LogP contribution in [0.3, 0.4) is 0 Å². The summed E-state index contributed by atoms with van der Waals surface area (Å²) in [6.45, 7) is 3.75. The van der Waals surface area contributed by atoms with Gasteiger partial charge in [-0.2, -0.15) is 9.90 Å². The molecule has 1 heterocycles. The van der Waals surface area contributed by atoms with Crippen molar-refractivity contribution in [2.24, 2.45) is 0 Å². The number of rotatable bonds is 5. The SMILES string of the molecule is CCOC(=O)c1ccc(NC(=O)c2nn(-c3cccc(Cl)c3)nc2C)cc1. The Bertz CT molecular complexity index is 983. The van der Waals surface area contributed by atoms with Gasteiger partial charge in [0.2, 0.25) is 0 Å². The lowest BCUT2D eigenvalue weighted by Gasteiger charge is -2.05. The Balaban J connectivity index is 1.76. The van der Waals surface area contributed by atoms with Crippen molar-refractivity contribution in [3.8, 4) is 5.69 Å². The van der Waals surface area contributed by atoms with E-state index >= 15 is 0 Å². The van der Waals surface area contributed by atoms with Crippen LogP contribution in [0.1, 0.15) is 33.5 Å². The highest BCUT2D eigenvalue weighted by Gasteiger charge is 2.17. The van der Waals surface area contributed by atoms with Crippen molar-refractivity contribution in [1.29, 1.82) is 0 Å². The van der Waals surface area contributed by atoms with E-state index in [1.807, 2.05) is 0 Å². The normalized spacial score (nSPS) is 10.5. The fraction of sp³-hybridized carbons (Fsp3) is 0.158. The number of ether oxygens (including phenoxy) is 1. The number of anilines is 1. The average Bonchev–Trinajstić information content (AvgIpc) is 3.04. The molecule has 0 unspecified atom stereocenters. The lowest BCUT2D eigenvalue weighted by molar-refractivity contribution is 0.0526. The molecule has 0 aliphatic carbocycles. The Morgan fingerprint density at radius 1 is 1.15 bits per heavy atom. The third kappa shape index (κ3) is 4.32. The molecule has 8 heteroatoms. The minimum absolute atomic E-state index is 0.199. The standard InChI is InChI=1S/C19H17ClN4O3/c1-3-27-19(26)13-7-9-15(10-8-13)21-18(25)17-12(2)22-24(23-17)16-6-4-5-14(20)11-16/h4-11H,3H2,1-2H3,(H,21,25). The summed E-state index contributed by atoms with van der Waals surface area (Å²) in [7, 11) is 0. The molecule has 3 aromatic rings. The zero-order valence-corrected chi connectivity index (χ0v) is 15.5. The summed E-state index contributed by atoms with van der Waals surface area (Å²) in [5.41, 5.74) is 2.28. The second-order valence-electron chi connectivity index (χ2n) is 5.66. The highest BCUT2D eigenvalue weighted by molar-refractivity contribution is 6.30. The number of amides is 1. The second kappa shape index (κ2) is 8.01. The predicted octanol–water partition coefficient (Wildman–Crippen LogP) is 3.66. The molecule has 0 saturated heterocycles. The van der Waals surface area contributed by atoms with Crippen molar-refractivity contribution in [2.75, 3.05) is 11.9 Å². The van der Waals surface area contributed by atoms with E-state index in [9.17, 15) is 9.59 Å². The molecule has 3 rings (SSSR count). The van der Waals surface area contributed by atoms with Gasteiger partial charge in [-0.05, 0) is 56.3 Å². The Labute approximate surface area is 160 Å². The summed E-state index contributed by atoms with van der Waals surface area (Å²) in [4.78, 5) is 25.6. The number of benzene rings is 2. The molecule has 0 aliphatic heterocycles. The molecule has 1 aromatic heterocycles. The lowest BCUT2D eigenvalue weighted by Crippen LogP contribution is -2.14. The quantitative estimate of drug-likeness (QED) is 0.678. The summed E-state index contributed by atoms with van der Waals surface area (Å²) in [6, 6.07) is 13.4. The van der Waals surface area contributed by atoms with E-state index in [0.717, 1.165) is 0 Å². The van der Waals surface area contributed by atoms with Crippen LogP contribution in [-0.4, -0.2) is 33.5 Å². The molecule has 0 bridgehead atoms. The van der Waals surface area contributed by atoms with Crippen LogP contribution in [0.25, 0.3) is 5.69 Å². The lowest BCUT2D eigenvalue weighted by atomic mass is 10.2. The van der Waals surface area contributed by atoms with Gasteiger partial charge in [0.25, 0.3) is 5.91 Å². The average molecular weight is 385 g/mol. The minimum Gasteiger partial charge on any atom is -0.462 e. The first-order valence-electron chi connectivity index (χ1n) is 8.26. The molecule has 1 N–H and O–H groups in total. The zero-order valence-electron chi connectivity index (χ0n) is 14.8. The second-order valence-corrected chi connectivity index (χ2v) is 6.09. The van der Waals surface area contributed by atoms with Crippen LogP contribution >= 0.6 is 11.6 Å². The molecule has 1 amide bonds. The van der Waals surface area contributed by atoms with Crippen LogP contribution in [-0.2, 0) is 4.74 Å². The highest BCUT2D eigenvalue weighted by Crippen LogP contribution is 2.16. The number of aryl methyl sites for hydroxylation is 1. The number of carbonyl (C=O) groups is 2. The summed E-state index contributed by atoms with van der Waals surface area (Å²) in [5, 5.41) is 11.8. The minimum atomic E-state index is -0.407. The molecule has 0 radical (unpaired) electrons. The highest BCUT2D eigenvalue weighted by atomic mass is 35.5. The monoisotopic (exact) mass is 384 g/mol. The number of esters is 1. The molecule has 0 aliphatic rings. The van der Waals surface area contributed by atoms with E-state index in [2.05, 4.69) is 15.5 Å². The third-order valence-electron chi connectivity index (χ3n) is 3.69. The van der Waals surface area contributed by atoms with Crippen LogP contribution in [0.5, 0.6) is 0 Å². The van der Waals surface area contributed by atoms with Gasteiger partial charge in [-0.3, -0.25) is 4.79 Å². The van der Waals surface area contributed by atoms with Gasteiger partial charge in [0.15, 0.2) is 5.69 Å². The molecule has 0 saturated carbocycles. The molecule has 27 heavy (non-hydrogen) atoms. The van der Waals surface area contributed by atoms with Crippen LogP contribution in [0, 0.1) is 6.92 Å². The van der Waals surface area contributed by atoms with Crippen LogP contribution in [0.15, 0.2) is 48.5 Å². The smallest absolute Gasteiger partial charge is 0.338 e. The van der Waals surface area contributed by atoms with E-state index in [0.29, 0.717) is 34.3 Å². The van der Waals surface area contributed by atoms with Crippen LogP contribution in [0.4, 0.5) is 5.69 Å². The Kier molecular flexibility index (Phi) is 5.52. The van der Waals surface area contributed by atoms with Crippen molar-refractivity contribution in [3.05, 3.63) is 70.5 Å². The summed E-state index contributed by atoms with van der Waals surface area (Å²) >= 11 is 5.98. The maximum atomic E-state index is 12.5. The molecule has 138 valence electrons. The maximum absolute atomic E-state index is 12.5. The van der Waals surface area contributed by atoms with Gasteiger partial charge >= 0.3 is 5.97 Å². The first-order chi connectivity index (χ1) is 13.0. The number of nitrogens with zero attached hydrogens (tertiary/aromatic N) is 3. The summed E-state index contributed by atoms with van der Waals surface area (Å²) in [5.74, 6) is -0.805. The molecular weight excluding hydrogens is 368 g/mol. The number of hydrogen-bond acceptors (Lipinski definition) is 5. The van der Waals surface area contributed by atoms with Gasteiger partial charge in [0.1, 0.15) is 0 Å². The number of aromatic nitrogens is 3. The molecule has 7 nitrogen and oxygen atoms in total. The number of halogens is 1. The van der Waals surface area contributed by atoms with Gasteiger partial charge in [-0.1, -0.05) is 17.7 Å². The van der Waals surface area contributed by atoms with Crippen LogP contribution < -0.4 is 5.32 Å². The molecule has 2 aromatic carbocycles. The van der Waals surface area contributed by atoms with Crippen molar-refractivity contribution >= 4 is 29.2 Å². The van der Waals surface area contributed by atoms with Gasteiger partial charge in [0.05, 0.1) is 23.6 Å². The van der Waals surface area contributed by atoms with Crippen molar-refractivity contribution < 1.29 is 14.3 Å². The predicted molar refractivity (Wildman–Crippen MR) is 101 cm³/mol. The zero-order chi connectivity index (χ0) is 19.4. The summed E-state index contributed by atoms with van der Waals surface area (Å²) in [6.07, 6.45) is 0. The molecule has 0 fully saturated rings. The fourth-order valence-corrected chi connectivity index (χ4v) is 2.58. The van der Waals surface area contributed by atoms with Crippen LogP contribution in [0.2, 0.25) is 5.02 Å². The van der Waals surface area contributed by atoms with E-state index in [1.165, 1.54) is 4.80 Å². The fourth-order valence-electron chi connectivity index (χ4n) is 2.40. The largest absolute Gasteiger partial charge is 0.462 e. The Morgan fingerprint density at radius 2 is 1.89 bits per heavy atom. The topological polar surface area (TPSA) is 86.1 Å². The van der Waals surface area contributed by atoms with Gasteiger partial charge in [-0.25, -0.2) is 4.79 Å². The first kappa shape index (κ1) is 18.6. The summed E-state index contributed by atoms with van der Waals surface area (Å²) < 4.78 is 4.93. The third-order valence-corrected chi connectivity index (χ3v) is 3.93. The Hall–Kier alpha value is -3.19. The van der Waals surface area contributed by atoms with Gasteiger partial charge in [-0.15, -0.1) is 5.10 Å². The Morgan fingerprint density at radius 3 is 2.56 bits per heavy atom. The number of nitrogens with one attached hydrogen (secondary N) is 1. The van der Waals surface area contributed by atoms with E-state index < -0.39 is 11.9 Å². The first-order valence-corrected chi connectivity index (χ1v) is 8.64. The maximum Gasteiger partial charge on any atom is 0.338 e. The van der Waals surface area contributed by atoms with Crippen molar-refractivity contribution in [2.45, 2.75) is 13.8 Å². The number of carbonyl (C=O) groups excluding carboxylic acids is 2.